The van der Waals surface area contributed by atoms with Crippen molar-refractivity contribution in [1.29, 1.82) is 0 Å². The molecule has 2 aromatic carbocycles. The molecule has 1 heterocycles. The number of nitrogens with one attached hydrogen (secondary N) is 1. The Labute approximate surface area is 170 Å². The highest BCUT2D eigenvalue weighted by Gasteiger charge is 2.43. The highest BCUT2D eigenvalue weighted by atomic mass is 32.2. The predicted octanol–water partition coefficient (Wildman–Crippen LogP) is 4.27. The van der Waals surface area contributed by atoms with Crippen molar-refractivity contribution >= 4 is 35.3 Å². The summed E-state index contributed by atoms with van der Waals surface area (Å²) in [5.74, 6) is 0.115. The number of hydrogen-bond donors (Lipinski definition) is 1. The van der Waals surface area contributed by atoms with Crippen molar-refractivity contribution in [2.24, 2.45) is 0 Å². The summed E-state index contributed by atoms with van der Waals surface area (Å²) in [5.41, 5.74) is 1.88. The number of rotatable bonds is 7. The fourth-order valence-electron chi connectivity index (χ4n) is 3.36. The molecule has 4 nitrogen and oxygen atoms in total. The highest BCUT2D eigenvalue weighted by molar-refractivity contribution is 8.01. The van der Waals surface area contributed by atoms with Crippen LogP contribution in [0.2, 0.25) is 0 Å². The van der Waals surface area contributed by atoms with Gasteiger partial charge in [-0.25, -0.2) is 0 Å². The van der Waals surface area contributed by atoms with Gasteiger partial charge >= 0.3 is 0 Å². The third kappa shape index (κ3) is 4.65. The Morgan fingerprint density at radius 1 is 1.11 bits per heavy atom. The molecule has 5 heteroatoms. The number of carbonyl (C=O) groups is 2. The van der Waals surface area contributed by atoms with Gasteiger partial charge in [-0.15, -0.1) is 11.8 Å². The minimum atomic E-state index is -0.0706. The summed E-state index contributed by atoms with van der Waals surface area (Å²) in [6.45, 7) is 1.48. The Balaban J connectivity index is 1.28. The lowest BCUT2D eigenvalue weighted by atomic mass is 10.2. The van der Waals surface area contributed by atoms with Crippen LogP contribution in [0.4, 0.5) is 5.69 Å². The Kier molecular flexibility index (Phi) is 5.53. The lowest BCUT2D eigenvalue weighted by Crippen LogP contribution is -2.30. The van der Waals surface area contributed by atoms with Gasteiger partial charge in [0, 0.05) is 40.9 Å². The van der Waals surface area contributed by atoms with Crippen molar-refractivity contribution in [3.05, 3.63) is 66.2 Å². The van der Waals surface area contributed by atoms with Crippen LogP contribution in [0.25, 0.3) is 6.08 Å². The van der Waals surface area contributed by atoms with Gasteiger partial charge in [0.1, 0.15) is 0 Å². The molecule has 1 aliphatic carbocycles. The zero-order chi connectivity index (χ0) is 19.4. The van der Waals surface area contributed by atoms with Crippen LogP contribution in [0, 0.1) is 0 Å². The SMILES string of the molecule is O=C(/C=C/c1ccc(N2CCCC2=O)cc1)NCC1(Sc2ccccc2)CC1. The van der Waals surface area contributed by atoms with E-state index in [0.717, 1.165) is 37.1 Å². The van der Waals surface area contributed by atoms with E-state index in [1.165, 1.54) is 4.90 Å². The van der Waals surface area contributed by atoms with Crippen molar-refractivity contribution in [1.82, 2.24) is 5.32 Å². The monoisotopic (exact) mass is 392 g/mol. The lowest BCUT2D eigenvalue weighted by Gasteiger charge is -2.15. The topological polar surface area (TPSA) is 49.4 Å². The van der Waals surface area contributed by atoms with E-state index in [0.29, 0.717) is 13.0 Å². The van der Waals surface area contributed by atoms with Crippen molar-refractivity contribution in [3.8, 4) is 0 Å². The molecule has 0 aromatic heterocycles. The van der Waals surface area contributed by atoms with Gasteiger partial charge in [0.15, 0.2) is 0 Å². The van der Waals surface area contributed by atoms with E-state index in [4.69, 9.17) is 0 Å². The van der Waals surface area contributed by atoms with Crippen molar-refractivity contribution < 1.29 is 9.59 Å². The van der Waals surface area contributed by atoms with Gasteiger partial charge in [-0.1, -0.05) is 30.3 Å². The fourth-order valence-corrected chi connectivity index (χ4v) is 4.60. The van der Waals surface area contributed by atoms with Crippen LogP contribution in [0.5, 0.6) is 0 Å². The van der Waals surface area contributed by atoms with Crippen LogP contribution in [0.1, 0.15) is 31.2 Å². The van der Waals surface area contributed by atoms with Crippen molar-refractivity contribution in [2.45, 2.75) is 35.3 Å². The molecule has 0 atom stereocenters. The van der Waals surface area contributed by atoms with Crippen LogP contribution >= 0.6 is 11.8 Å². The Hall–Kier alpha value is -2.53. The quantitative estimate of drug-likeness (QED) is 0.716. The zero-order valence-corrected chi connectivity index (χ0v) is 16.6. The molecule has 2 amide bonds. The maximum atomic E-state index is 12.2. The minimum absolute atomic E-state index is 0.0706. The molecule has 0 spiro atoms. The van der Waals surface area contributed by atoms with E-state index >= 15 is 0 Å². The molecule has 0 radical (unpaired) electrons. The van der Waals surface area contributed by atoms with E-state index in [1.807, 2.05) is 65.2 Å². The van der Waals surface area contributed by atoms with Gasteiger partial charge in [0.05, 0.1) is 0 Å². The number of anilines is 1. The van der Waals surface area contributed by atoms with Crippen molar-refractivity contribution in [3.63, 3.8) is 0 Å². The maximum absolute atomic E-state index is 12.2. The van der Waals surface area contributed by atoms with Gasteiger partial charge in [0.2, 0.25) is 11.8 Å². The molecule has 1 N–H and O–H groups in total. The molecule has 2 aliphatic rings. The van der Waals surface area contributed by atoms with Crippen LogP contribution < -0.4 is 10.2 Å². The number of hydrogen-bond acceptors (Lipinski definition) is 3. The Bertz CT molecular complexity index is 873. The smallest absolute Gasteiger partial charge is 0.244 e. The second-order valence-electron chi connectivity index (χ2n) is 7.39. The number of benzene rings is 2. The Morgan fingerprint density at radius 2 is 1.86 bits per heavy atom. The van der Waals surface area contributed by atoms with Gasteiger partial charge in [-0.3, -0.25) is 9.59 Å². The first-order valence-electron chi connectivity index (χ1n) is 9.74. The molecule has 1 saturated heterocycles. The second-order valence-corrected chi connectivity index (χ2v) is 8.93. The van der Waals surface area contributed by atoms with Crippen LogP contribution in [0.3, 0.4) is 0 Å². The van der Waals surface area contributed by atoms with Gasteiger partial charge in [-0.2, -0.15) is 0 Å². The first-order chi connectivity index (χ1) is 13.6. The molecule has 0 unspecified atom stereocenters. The summed E-state index contributed by atoms with van der Waals surface area (Å²) in [6, 6.07) is 18.1. The Morgan fingerprint density at radius 3 is 2.50 bits per heavy atom. The van der Waals surface area contributed by atoms with E-state index in [2.05, 4.69) is 17.4 Å². The number of carbonyl (C=O) groups excluding carboxylic acids is 2. The van der Waals surface area contributed by atoms with Crippen LogP contribution in [0.15, 0.2) is 65.6 Å². The zero-order valence-electron chi connectivity index (χ0n) is 15.8. The third-order valence-electron chi connectivity index (χ3n) is 5.18. The second kappa shape index (κ2) is 8.23. The van der Waals surface area contributed by atoms with Crippen LogP contribution in [-0.4, -0.2) is 29.7 Å². The van der Waals surface area contributed by atoms with Crippen LogP contribution in [-0.2, 0) is 9.59 Å². The molecular formula is C23H24N2O2S. The normalized spacial score (nSPS) is 17.9. The van der Waals surface area contributed by atoms with Gasteiger partial charge in [0.25, 0.3) is 0 Å². The summed E-state index contributed by atoms with van der Waals surface area (Å²) in [6.07, 6.45) is 7.21. The average molecular weight is 393 g/mol. The summed E-state index contributed by atoms with van der Waals surface area (Å²) in [4.78, 5) is 27.1. The summed E-state index contributed by atoms with van der Waals surface area (Å²) in [5, 5.41) is 3.04. The van der Waals surface area contributed by atoms with E-state index in [1.54, 1.807) is 6.08 Å². The fraction of sp³-hybridized carbons (Fsp3) is 0.304. The molecule has 28 heavy (non-hydrogen) atoms. The molecule has 144 valence electrons. The largest absolute Gasteiger partial charge is 0.351 e. The molecule has 2 fully saturated rings. The number of amides is 2. The molecule has 1 saturated carbocycles. The molecule has 0 bridgehead atoms. The summed E-state index contributed by atoms with van der Waals surface area (Å²) in [7, 11) is 0. The maximum Gasteiger partial charge on any atom is 0.244 e. The first-order valence-corrected chi connectivity index (χ1v) is 10.6. The summed E-state index contributed by atoms with van der Waals surface area (Å²) < 4.78 is 0.148. The minimum Gasteiger partial charge on any atom is -0.351 e. The highest BCUT2D eigenvalue weighted by Crippen LogP contribution is 2.51. The van der Waals surface area contributed by atoms with Gasteiger partial charge in [-0.05, 0) is 55.2 Å². The first kappa shape index (κ1) is 18.8. The van der Waals surface area contributed by atoms with Crippen molar-refractivity contribution in [2.75, 3.05) is 18.0 Å². The molecule has 4 rings (SSSR count). The standard InChI is InChI=1S/C23H24N2O2S/c26-21(24-17-23(14-15-23)28-20-5-2-1-3-6-20)13-10-18-8-11-19(12-9-18)25-16-4-7-22(25)27/h1-3,5-6,8-13H,4,7,14-17H2,(H,24,26)/b13-10+. The molecular weight excluding hydrogens is 368 g/mol. The lowest BCUT2D eigenvalue weighted by molar-refractivity contribution is -0.117. The number of nitrogens with zero attached hydrogens (tertiary/aromatic N) is 1. The van der Waals surface area contributed by atoms with E-state index in [-0.39, 0.29) is 16.6 Å². The average Bonchev–Trinajstić information content (AvgIpc) is 3.35. The van der Waals surface area contributed by atoms with E-state index in [9.17, 15) is 9.59 Å². The molecule has 2 aromatic rings. The predicted molar refractivity (Wildman–Crippen MR) is 114 cm³/mol. The third-order valence-corrected chi connectivity index (χ3v) is 6.67. The molecule has 1 aliphatic heterocycles. The summed E-state index contributed by atoms with van der Waals surface area (Å²) >= 11 is 1.86. The number of thioether (sulfide) groups is 1. The van der Waals surface area contributed by atoms with E-state index < -0.39 is 0 Å². The van der Waals surface area contributed by atoms with Gasteiger partial charge < -0.3 is 10.2 Å².